The standard InChI is InChI=1S/C60H101NO18/c1-3-5-7-9-11-12-13-14-15-16-17-18-19-20-21-22-23-24-25-26-27-28-29-30-32-34-36-38-48(66)61-43(44(65)37-35-33-31-10-8-6-4-2)42-74-58-54(72)51(69)56(46(40-63)76-58)79-60-55(73)52(70)57(47(41-64)77-60)78-59-53(71)50(68)49(67)45(39-62)75-59/h5,7-8,10-12,14-15,17-18,20-21,35,37,43-47,49-60,62-65,67-73H,3-4,6,9,13,16,19,22-34,36,38-42H2,1-2H3,(H,61,66)/b7-5-,10-8+,12-11-,15-14-,18-17-,21-20-,37-35+. The van der Waals surface area contributed by atoms with E-state index in [0.717, 1.165) is 83.5 Å². The second-order valence-corrected chi connectivity index (χ2v) is 20.7. The zero-order valence-electron chi connectivity index (χ0n) is 47.1. The number of aliphatic hydroxyl groups excluding tert-OH is 11. The predicted molar refractivity (Wildman–Crippen MR) is 300 cm³/mol. The Balaban J connectivity index is 1.40. The number of ether oxygens (including phenoxy) is 6. The summed E-state index contributed by atoms with van der Waals surface area (Å²) in [5.74, 6) is -0.299. The van der Waals surface area contributed by atoms with Crippen LogP contribution in [0, 0.1) is 0 Å². The Morgan fingerprint density at radius 3 is 1.41 bits per heavy atom. The van der Waals surface area contributed by atoms with Crippen molar-refractivity contribution in [3.63, 3.8) is 0 Å². The first-order valence-corrected chi connectivity index (χ1v) is 29.3. The van der Waals surface area contributed by atoms with Gasteiger partial charge < -0.3 is 89.9 Å². The highest BCUT2D eigenvalue weighted by Crippen LogP contribution is 2.33. The number of aliphatic hydroxyl groups is 11. The number of amides is 1. The van der Waals surface area contributed by atoms with Crippen LogP contribution in [0.4, 0.5) is 0 Å². The highest BCUT2D eigenvalue weighted by Gasteiger charge is 2.53. The molecule has 0 saturated carbocycles. The zero-order chi connectivity index (χ0) is 57.6. The summed E-state index contributed by atoms with van der Waals surface area (Å²) < 4.78 is 34.1. The Kier molecular flexibility index (Phi) is 38.0. The van der Waals surface area contributed by atoms with Crippen LogP contribution in [0.1, 0.15) is 155 Å². The molecule has 3 fully saturated rings. The maximum absolute atomic E-state index is 13.2. The van der Waals surface area contributed by atoms with Crippen molar-refractivity contribution >= 4 is 5.91 Å². The molecule has 3 aliphatic heterocycles. The first kappa shape index (κ1) is 70.2. The molecule has 17 unspecified atom stereocenters. The van der Waals surface area contributed by atoms with E-state index in [2.05, 4.69) is 92.1 Å². The molecule has 0 bridgehead atoms. The average molecular weight is 1120 g/mol. The van der Waals surface area contributed by atoms with Crippen molar-refractivity contribution < 1.29 is 89.4 Å². The zero-order valence-corrected chi connectivity index (χ0v) is 47.1. The molecule has 0 aromatic carbocycles. The van der Waals surface area contributed by atoms with Crippen LogP contribution in [0.5, 0.6) is 0 Å². The van der Waals surface area contributed by atoms with Gasteiger partial charge in [0.05, 0.1) is 38.6 Å². The summed E-state index contributed by atoms with van der Waals surface area (Å²) in [4.78, 5) is 13.2. The van der Waals surface area contributed by atoms with Crippen molar-refractivity contribution in [2.45, 2.75) is 259 Å². The Morgan fingerprint density at radius 2 is 0.886 bits per heavy atom. The number of carbonyl (C=O) groups is 1. The lowest BCUT2D eigenvalue weighted by Crippen LogP contribution is -2.66. The highest BCUT2D eigenvalue weighted by atomic mass is 16.8. The maximum Gasteiger partial charge on any atom is 0.220 e. The van der Waals surface area contributed by atoms with Crippen molar-refractivity contribution in [3.8, 4) is 0 Å². The van der Waals surface area contributed by atoms with Crippen molar-refractivity contribution in [2.75, 3.05) is 26.4 Å². The van der Waals surface area contributed by atoms with Gasteiger partial charge >= 0.3 is 0 Å². The number of carbonyl (C=O) groups excluding carboxylic acids is 1. The number of hydrogen-bond donors (Lipinski definition) is 12. The monoisotopic (exact) mass is 1120 g/mol. The fourth-order valence-corrected chi connectivity index (χ4v) is 9.36. The van der Waals surface area contributed by atoms with E-state index in [4.69, 9.17) is 28.4 Å². The molecule has 3 aliphatic rings. The van der Waals surface area contributed by atoms with E-state index in [1.54, 1.807) is 12.2 Å². The summed E-state index contributed by atoms with van der Waals surface area (Å²) in [6.45, 7) is 1.43. The summed E-state index contributed by atoms with van der Waals surface area (Å²) in [6, 6.07) is -0.993. The van der Waals surface area contributed by atoms with Gasteiger partial charge in [-0.05, 0) is 70.6 Å². The molecule has 0 radical (unpaired) electrons. The SMILES string of the molecule is CC/C=C\C/C=C\C/C=C\C/C=C\C/C=C\CCCCCCCCCCCCCC(=O)NC(COC1OC(CO)C(OC2OC(CO)C(OC3OC(CO)C(O)C(O)C3O)C(O)C2O)C(O)C1O)C(O)/C=C/CC/C=C/CCC. The van der Waals surface area contributed by atoms with E-state index >= 15 is 0 Å². The van der Waals surface area contributed by atoms with Crippen LogP contribution < -0.4 is 5.32 Å². The second kappa shape index (κ2) is 42.7. The molecular weight excluding hydrogens is 1020 g/mol. The first-order chi connectivity index (χ1) is 38.3. The third-order valence-corrected chi connectivity index (χ3v) is 14.2. The summed E-state index contributed by atoms with van der Waals surface area (Å²) in [6.07, 6.45) is 24.8. The molecule has 79 heavy (non-hydrogen) atoms. The van der Waals surface area contributed by atoms with E-state index in [0.29, 0.717) is 12.8 Å². The Labute approximate surface area is 470 Å². The minimum atomic E-state index is -1.98. The molecule has 454 valence electrons. The van der Waals surface area contributed by atoms with Crippen LogP contribution in [-0.4, -0.2) is 193 Å². The summed E-state index contributed by atoms with van der Waals surface area (Å²) >= 11 is 0. The van der Waals surface area contributed by atoms with Crippen LogP contribution in [0.25, 0.3) is 0 Å². The summed E-state index contributed by atoms with van der Waals surface area (Å²) in [5, 5.41) is 120. The molecule has 0 spiro atoms. The van der Waals surface area contributed by atoms with Crippen molar-refractivity contribution in [3.05, 3.63) is 85.1 Å². The molecule has 17 atom stereocenters. The van der Waals surface area contributed by atoms with Crippen molar-refractivity contribution in [2.24, 2.45) is 0 Å². The lowest BCUT2D eigenvalue weighted by atomic mass is 9.96. The average Bonchev–Trinajstić information content (AvgIpc) is 3.47. The molecule has 19 heteroatoms. The molecule has 0 aromatic rings. The van der Waals surface area contributed by atoms with Gasteiger partial charge in [0.2, 0.25) is 5.91 Å². The van der Waals surface area contributed by atoms with Crippen molar-refractivity contribution in [1.29, 1.82) is 0 Å². The van der Waals surface area contributed by atoms with E-state index in [9.17, 15) is 61.0 Å². The second-order valence-electron chi connectivity index (χ2n) is 20.7. The van der Waals surface area contributed by atoms with Crippen LogP contribution in [0.15, 0.2) is 85.1 Å². The van der Waals surface area contributed by atoms with Gasteiger partial charge in [-0.25, -0.2) is 0 Å². The number of rotatable bonds is 41. The largest absolute Gasteiger partial charge is 0.394 e. The van der Waals surface area contributed by atoms with Gasteiger partial charge in [0.1, 0.15) is 73.2 Å². The molecule has 0 aromatic heterocycles. The van der Waals surface area contributed by atoms with Crippen molar-refractivity contribution in [1.82, 2.24) is 5.32 Å². The first-order valence-electron chi connectivity index (χ1n) is 29.3. The van der Waals surface area contributed by atoms with E-state index in [1.165, 1.54) is 38.5 Å². The fraction of sp³-hybridized carbons (Fsp3) is 0.750. The molecule has 12 N–H and O–H groups in total. The number of unbranched alkanes of at least 4 members (excludes halogenated alkanes) is 13. The van der Waals surface area contributed by atoms with Gasteiger partial charge in [-0.2, -0.15) is 0 Å². The van der Waals surface area contributed by atoms with E-state index < -0.39 is 124 Å². The quantitative estimate of drug-likeness (QED) is 0.0289. The van der Waals surface area contributed by atoms with Gasteiger partial charge in [-0.3, -0.25) is 4.79 Å². The van der Waals surface area contributed by atoms with E-state index in [1.807, 2.05) is 0 Å². The summed E-state index contributed by atoms with van der Waals surface area (Å²) in [7, 11) is 0. The normalized spacial score (nSPS) is 30.9. The lowest BCUT2D eigenvalue weighted by molar-refractivity contribution is -0.379. The Morgan fingerprint density at radius 1 is 0.468 bits per heavy atom. The van der Waals surface area contributed by atoms with Gasteiger partial charge in [0.15, 0.2) is 18.9 Å². The minimum absolute atomic E-state index is 0.225. The molecule has 3 saturated heterocycles. The molecule has 3 rings (SSSR count). The number of allylic oxidation sites excluding steroid dienone is 13. The minimum Gasteiger partial charge on any atom is -0.394 e. The van der Waals surface area contributed by atoms with Gasteiger partial charge in [0.25, 0.3) is 0 Å². The molecular formula is C60H101NO18. The summed E-state index contributed by atoms with van der Waals surface area (Å²) in [5.41, 5.74) is 0. The maximum atomic E-state index is 13.2. The smallest absolute Gasteiger partial charge is 0.220 e. The van der Waals surface area contributed by atoms with Crippen LogP contribution in [0.2, 0.25) is 0 Å². The van der Waals surface area contributed by atoms with E-state index in [-0.39, 0.29) is 18.9 Å². The third-order valence-electron chi connectivity index (χ3n) is 14.2. The van der Waals surface area contributed by atoms with Gasteiger partial charge in [-0.1, -0.05) is 163 Å². The van der Waals surface area contributed by atoms with Crippen LogP contribution >= 0.6 is 0 Å². The number of hydrogen-bond acceptors (Lipinski definition) is 18. The van der Waals surface area contributed by atoms with Gasteiger partial charge in [-0.15, -0.1) is 0 Å². The third kappa shape index (κ3) is 26.8. The Hall–Kier alpha value is -3.03. The Bertz CT molecular complexity index is 1770. The van der Waals surface area contributed by atoms with Gasteiger partial charge in [0, 0.05) is 6.42 Å². The molecule has 1 amide bonds. The number of nitrogens with one attached hydrogen (secondary N) is 1. The van der Waals surface area contributed by atoms with Crippen LogP contribution in [-0.2, 0) is 33.2 Å². The lowest BCUT2D eigenvalue weighted by Gasteiger charge is -2.48. The highest BCUT2D eigenvalue weighted by molar-refractivity contribution is 5.76. The predicted octanol–water partition coefficient (Wildman–Crippen LogP) is 4.81. The molecule has 3 heterocycles. The topological polar surface area (TPSA) is 307 Å². The fourth-order valence-electron chi connectivity index (χ4n) is 9.36. The van der Waals surface area contributed by atoms with Crippen LogP contribution in [0.3, 0.4) is 0 Å². The molecule has 0 aliphatic carbocycles. The molecule has 19 nitrogen and oxygen atoms in total.